The van der Waals surface area contributed by atoms with Crippen LogP contribution in [0.1, 0.15) is 29.2 Å². The Kier molecular flexibility index (Phi) is 8.19. The number of carbonyl (C=O) groups is 2. The minimum absolute atomic E-state index is 0.0342. The summed E-state index contributed by atoms with van der Waals surface area (Å²) in [6, 6.07) is 20.7. The van der Waals surface area contributed by atoms with Crippen molar-refractivity contribution in [3.63, 3.8) is 0 Å². The lowest BCUT2D eigenvalue weighted by Gasteiger charge is -2.28. The average Bonchev–Trinajstić information content (AvgIpc) is 2.80. The number of aryl methyl sites for hydroxylation is 2. The van der Waals surface area contributed by atoms with E-state index in [1.165, 1.54) is 11.1 Å². The molecule has 1 heterocycles. The number of benzene rings is 3. The van der Waals surface area contributed by atoms with E-state index < -0.39 is 12.1 Å². The summed E-state index contributed by atoms with van der Waals surface area (Å²) in [4.78, 5) is 23.2. The summed E-state index contributed by atoms with van der Waals surface area (Å²) < 4.78 is 31.7. The van der Waals surface area contributed by atoms with Crippen LogP contribution in [0.25, 0.3) is 11.1 Å². The van der Waals surface area contributed by atoms with Crippen LogP contribution in [0, 0.1) is 0 Å². The summed E-state index contributed by atoms with van der Waals surface area (Å²) in [7, 11) is 0. The van der Waals surface area contributed by atoms with Gasteiger partial charge in [0.05, 0.1) is 6.54 Å². The van der Waals surface area contributed by atoms with Crippen LogP contribution >= 0.6 is 11.6 Å². The molecule has 184 valence electrons. The number of amides is 1. The van der Waals surface area contributed by atoms with Gasteiger partial charge in [-0.1, -0.05) is 41.9 Å². The number of nitrogens with zero attached hydrogens (tertiary/aromatic N) is 1. The Bertz CT molecular complexity index is 1240. The van der Waals surface area contributed by atoms with Gasteiger partial charge in [0.2, 0.25) is 5.91 Å². The van der Waals surface area contributed by atoms with Crippen LogP contribution in [0.3, 0.4) is 0 Å². The van der Waals surface area contributed by atoms with Crippen molar-refractivity contribution < 1.29 is 27.9 Å². The second-order valence-electron chi connectivity index (χ2n) is 8.07. The molecule has 9 heteroatoms. The molecular weight excluding hydrogens is 481 g/mol. The third-order valence-electron chi connectivity index (χ3n) is 5.65. The number of aliphatic carboxylic acids is 1. The Morgan fingerprint density at radius 1 is 0.971 bits per heavy atom. The van der Waals surface area contributed by atoms with Crippen molar-refractivity contribution >= 4 is 29.2 Å². The summed E-state index contributed by atoms with van der Waals surface area (Å²) in [5.41, 5.74) is 13.7. The fourth-order valence-electron chi connectivity index (χ4n) is 3.90. The molecule has 3 aromatic carbocycles. The van der Waals surface area contributed by atoms with Crippen LogP contribution in [-0.2, 0) is 35.5 Å². The van der Waals surface area contributed by atoms with Gasteiger partial charge in [0.1, 0.15) is 0 Å². The first kappa shape index (κ1) is 26.2. The molecular formula is C26H24ClF3N2O3. The smallest absolute Gasteiger partial charge is 0.475 e. The number of rotatable bonds is 2. The van der Waals surface area contributed by atoms with Crippen molar-refractivity contribution in [3.05, 3.63) is 87.9 Å². The number of nitrogens with two attached hydrogens (primary N) is 1. The van der Waals surface area contributed by atoms with Crippen LogP contribution in [-0.4, -0.2) is 23.2 Å². The molecule has 4 rings (SSSR count). The van der Waals surface area contributed by atoms with Crippen LogP contribution in [0.5, 0.6) is 0 Å². The number of hydrogen-bond donors (Lipinski definition) is 2. The Balaban J connectivity index is 0.000000429. The fourth-order valence-corrected chi connectivity index (χ4v) is 4.09. The highest BCUT2D eigenvalue weighted by molar-refractivity contribution is 6.30. The third-order valence-corrected chi connectivity index (χ3v) is 5.88. The highest BCUT2D eigenvalue weighted by Gasteiger charge is 2.38. The summed E-state index contributed by atoms with van der Waals surface area (Å²) >= 11 is 6.20. The number of anilines is 1. The molecule has 1 amide bonds. The van der Waals surface area contributed by atoms with E-state index in [-0.39, 0.29) is 5.91 Å². The molecule has 0 spiro atoms. The van der Waals surface area contributed by atoms with Gasteiger partial charge in [-0.15, -0.1) is 0 Å². The minimum Gasteiger partial charge on any atom is -0.475 e. The fraction of sp³-hybridized carbons (Fsp3) is 0.231. The largest absolute Gasteiger partial charge is 0.490 e. The topological polar surface area (TPSA) is 83.6 Å². The van der Waals surface area contributed by atoms with E-state index in [4.69, 9.17) is 27.2 Å². The quantitative estimate of drug-likeness (QED) is 0.465. The van der Waals surface area contributed by atoms with Gasteiger partial charge in [-0.3, -0.25) is 4.79 Å². The number of hydrogen-bond acceptors (Lipinski definition) is 3. The predicted octanol–water partition coefficient (Wildman–Crippen LogP) is 5.75. The van der Waals surface area contributed by atoms with Gasteiger partial charge in [-0.2, -0.15) is 13.2 Å². The molecule has 35 heavy (non-hydrogen) atoms. The summed E-state index contributed by atoms with van der Waals surface area (Å²) in [6.45, 7) is 2.70. The van der Waals surface area contributed by atoms with E-state index >= 15 is 0 Å². The molecule has 0 fully saturated rings. The Morgan fingerprint density at radius 3 is 2.26 bits per heavy atom. The zero-order valence-electron chi connectivity index (χ0n) is 18.9. The predicted molar refractivity (Wildman–Crippen MR) is 129 cm³/mol. The van der Waals surface area contributed by atoms with Crippen molar-refractivity contribution in [2.45, 2.75) is 39.0 Å². The summed E-state index contributed by atoms with van der Waals surface area (Å²) in [5, 5.41) is 7.83. The molecule has 3 N–H and O–H groups in total. The van der Waals surface area contributed by atoms with Crippen molar-refractivity contribution in [3.8, 4) is 11.1 Å². The normalized spacial score (nSPS) is 12.9. The summed E-state index contributed by atoms with van der Waals surface area (Å²) in [5.74, 6) is -2.72. The number of carbonyl (C=O) groups excluding carboxylic acids is 1. The van der Waals surface area contributed by atoms with Crippen LogP contribution < -0.4 is 10.6 Å². The van der Waals surface area contributed by atoms with Gasteiger partial charge in [0.15, 0.2) is 0 Å². The molecule has 1 aliphatic heterocycles. The molecule has 0 aromatic heterocycles. The van der Waals surface area contributed by atoms with Gasteiger partial charge in [0, 0.05) is 24.2 Å². The van der Waals surface area contributed by atoms with E-state index in [0.29, 0.717) is 18.1 Å². The minimum atomic E-state index is -5.08. The first-order chi connectivity index (χ1) is 16.5. The van der Waals surface area contributed by atoms with Gasteiger partial charge < -0.3 is 15.7 Å². The van der Waals surface area contributed by atoms with Crippen LogP contribution in [0.15, 0.2) is 60.7 Å². The van der Waals surface area contributed by atoms with Crippen molar-refractivity contribution in [1.82, 2.24) is 0 Å². The van der Waals surface area contributed by atoms with Crippen LogP contribution in [0.2, 0.25) is 5.02 Å². The first-order valence-corrected chi connectivity index (χ1v) is 11.1. The molecule has 0 radical (unpaired) electrons. The van der Waals surface area contributed by atoms with Gasteiger partial charge in [0.25, 0.3) is 0 Å². The Hall–Kier alpha value is -3.36. The molecule has 0 atom stereocenters. The molecule has 0 aliphatic carbocycles. The summed E-state index contributed by atoms with van der Waals surface area (Å²) in [6.07, 6.45) is -3.30. The van der Waals surface area contributed by atoms with Crippen LogP contribution in [0.4, 0.5) is 18.9 Å². The number of alkyl halides is 3. The van der Waals surface area contributed by atoms with E-state index in [9.17, 15) is 18.0 Å². The van der Waals surface area contributed by atoms with Gasteiger partial charge in [-0.25, -0.2) is 4.79 Å². The maximum atomic E-state index is 12.4. The maximum Gasteiger partial charge on any atom is 0.490 e. The molecule has 3 aromatic rings. The van der Waals surface area contributed by atoms with E-state index in [1.54, 1.807) is 6.92 Å². The number of carboxylic acids is 1. The number of carboxylic acid groups (broad SMARTS) is 1. The second kappa shape index (κ2) is 10.9. The van der Waals surface area contributed by atoms with E-state index in [0.717, 1.165) is 40.8 Å². The highest BCUT2D eigenvalue weighted by Crippen LogP contribution is 2.32. The molecule has 0 bridgehead atoms. The second-order valence-corrected chi connectivity index (χ2v) is 8.51. The standard InChI is InChI=1S/C24H23ClN2O.C2HF3O2/c1-16(28)27-15-22-12-20(19-4-2-3-17(11-19)14-26)7-5-18(22)6-8-21-13-23(25)9-10-24(21)27;3-2(4,5)1(6)7/h2-5,7,9-13H,6,8,14-15,26H2,1H3;(H,6,7). The molecule has 5 nitrogen and oxygen atoms in total. The zero-order chi connectivity index (χ0) is 25.8. The zero-order valence-corrected chi connectivity index (χ0v) is 19.7. The van der Waals surface area contributed by atoms with E-state index in [2.05, 4.69) is 30.3 Å². The third kappa shape index (κ3) is 6.61. The maximum absolute atomic E-state index is 12.4. The molecule has 0 saturated carbocycles. The first-order valence-electron chi connectivity index (χ1n) is 10.8. The van der Waals surface area contributed by atoms with Gasteiger partial charge >= 0.3 is 12.1 Å². The number of fused-ring (bicyclic) bond motifs is 2. The lowest BCUT2D eigenvalue weighted by Crippen LogP contribution is -2.30. The molecule has 0 unspecified atom stereocenters. The van der Waals surface area contributed by atoms with Gasteiger partial charge in [-0.05, 0) is 76.6 Å². The lowest BCUT2D eigenvalue weighted by atomic mass is 9.92. The lowest BCUT2D eigenvalue weighted by molar-refractivity contribution is -0.192. The van der Waals surface area contributed by atoms with Crippen molar-refractivity contribution in [2.24, 2.45) is 5.73 Å². The Morgan fingerprint density at radius 2 is 1.63 bits per heavy atom. The Labute approximate surface area is 205 Å². The van der Waals surface area contributed by atoms with Crippen molar-refractivity contribution in [1.29, 1.82) is 0 Å². The molecule has 1 aliphatic rings. The van der Waals surface area contributed by atoms with Crippen molar-refractivity contribution in [2.75, 3.05) is 4.90 Å². The highest BCUT2D eigenvalue weighted by atomic mass is 35.5. The molecule has 0 saturated heterocycles. The average molecular weight is 505 g/mol. The van der Waals surface area contributed by atoms with E-state index in [1.807, 2.05) is 35.2 Å². The SMILES string of the molecule is CC(=O)N1Cc2cc(-c3cccc(CN)c3)ccc2CCc2cc(Cl)ccc21.O=C(O)C(F)(F)F. The monoisotopic (exact) mass is 504 g/mol. The number of halogens is 4.